The van der Waals surface area contributed by atoms with Crippen LogP contribution < -0.4 is 5.73 Å². The quantitative estimate of drug-likeness (QED) is 0.736. The smallest absolute Gasteiger partial charge is 0.0933 e. The van der Waals surface area contributed by atoms with Gasteiger partial charge in [-0.2, -0.15) is 0 Å². The molecule has 3 unspecified atom stereocenters. The molecule has 0 aliphatic heterocycles. The summed E-state index contributed by atoms with van der Waals surface area (Å²) >= 11 is 0. The molecule has 1 aliphatic rings. The predicted octanol–water partition coefficient (Wildman–Crippen LogP) is 1.95. The Balaban J connectivity index is 2.29. The fourth-order valence-electron chi connectivity index (χ4n) is 2.36. The van der Waals surface area contributed by atoms with Crippen molar-refractivity contribution in [3.8, 4) is 0 Å². The lowest BCUT2D eigenvalue weighted by molar-refractivity contribution is -0.0641. The molecular formula is C12H25NO2. The van der Waals surface area contributed by atoms with E-state index in [2.05, 4.69) is 6.92 Å². The van der Waals surface area contributed by atoms with E-state index in [1.807, 2.05) is 0 Å². The molecule has 0 aromatic rings. The van der Waals surface area contributed by atoms with Gasteiger partial charge < -0.3 is 15.2 Å². The van der Waals surface area contributed by atoms with E-state index in [-0.39, 0.29) is 6.10 Å². The molecule has 3 heteroatoms. The second-order valence-corrected chi connectivity index (χ2v) is 4.51. The molecular weight excluding hydrogens is 190 g/mol. The van der Waals surface area contributed by atoms with Crippen LogP contribution in [0.5, 0.6) is 0 Å². The van der Waals surface area contributed by atoms with Crippen molar-refractivity contribution in [1.29, 1.82) is 0 Å². The highest BCUT2D eigenvalue weighted by atomic mass is 16.5. The molecule has 0 aromatic heterocycles. The summed E-state index contributed by atoms with van der Waals surface area (Å²) < 4.78 is 11.0. The Kier molecular flexibility index (Phi) is 6.22. The molecule has 0 bridgehead atoms. The Morgan fingerprint density at radius 3 is 2.80 bits per heavy atom. The lowest BCUT2D eigenvalue weighted by Gasteiger charge is -2.31. The highest BCUT2D eigenvalue weighted by molar-refractivity contribution is 4.74. The lowest BCUT2D eigenvalue weighted by atomic mass is 9.85. The highest BCUT2D eigenvalue weighted by Crippen LogP contribution is 2.28. The fraction of sp³-hybridized carbons (Fsp3) is 1.00. The maximum Gasteiger partial charge on any atom is 0.0933 e. The van der Waals surface area contributed by atoms with Gasteiger partial charge in [-0.15, -0.1) is 0 Å². The van der Waals surface area contributed by atoms with E-state index in [0.29, 0.717) is 19.3 Å². The van der Waals surface area contributed by atoms with Crippen LogP contribution in [0.3, 0.4) is 0 Å². The van der Waals surface area contributed by atoms with Crippen LogP contribution >= 0.6 is 0 Å². The monoisotopic (exact) mass is 215 g/mol. The summed E-state index contributed by atoms with van der Waals surface area (Å²) in [4.78, 5) is 0. The summed E-state index contributed by atoms with van der Waals surface area (Å²) in [6.07, 6.45) is 6.83. The van der Waals surface area contributed by atoms with Crippen LogP contribution in [-0.4, -0.2) is 32.5 Å². The van der Waals surface area contributed by atoms with Gasteiger partial charge in [-0.1, -0.05) is 26.2 Å². The zero-order valence-electron chi connectivity index (χ0n) is 10.1. The average molecular weight is 215 g/mol. The van der Waals surface area contributed by atoms with Crippen molar-refractivity contribution in [3.05, 3.63) is 0 Å². The molecule has 1 aliphatic carbocycles. The Labute approximate surface area is 93.3 Å². The van der Waals surface area contributed by atoms with Crippen LogP contribution in [-0.2, 0) is 9.47 Å². The van der Waals surface area contributed by atoms with E-state index in [1.54, 1.807) is 7.11 Å². The van der Waals surface area contributed by atoms with Gasteiger partial charge in [0, 0.05) is 13.7 Å². The Morgan fingerprint density at radius 2 is 2.20 bits per heavy atom. The molecule has 15 heavy (non-hydrogen) atoms. The van der Waals surface area contributed by atoms with E-state index in [9.17, 15) is 0 Å². The van der Waals surface area contributed by atoms with Crippen molar-refractivity contribution in [2.45, 2.75) is 51.2 Å². The fourth-order valence-corrected chi connectivity index (χ4v) is 2.36. The van der Waals surface area contributed by atoms with Crippen LogP contribution in [0.1, 0.15) is 39.0 Å². The molecule has 2 N–H and O–H groups in total. The number of methoxy groups -OCH3 is 1. The number of nitrogens with two attached hydrogens (primary N) is 1. The molecule has 0 amide bonds. The van der Waals surface area contributed by atoms with Gasteiger partial charge in [-0.25, -0.2) is 0 Å². The van der Waals surface area contributed by atoms with Gasteiger partial charge in [0.15, 0.2) is 0 Å². The number of ether oxygens (including phenoxy) is 2. The first-order valence-corrected chi connectivity index (χ1v) is 6.14. The molecule has 0 aromatic carbocycles. The molecule has 3 nitrogen and oxygen atoms in total. The van der Waals surface area contributed by atoms with Crippen molar-refractivity contribution in [1.82, 2.24) is 0 Å². The molecule has 0 spiro atoms. The van der Waals surface area contributed by atoms with Gasteiger partial charge in [0.05, 0.1) is 18.8 Å². The van der Waals surface area contributed by atoms with Crippen molar-refractivity contribution >= 4 is 0 Å². The summed E-state index contributed by atoms with van der Waals surface area (Å²) in [5, 5.41) is 0. The van der Waals surface area contributed by atoms with E-state index in [0.717, 1.165) is 5.92 Å². The second kappa shape index (κ2) is 7.20. The Bertz CT molecular complexity index is 164. The molecule has 0 saturated heterocycles. The Hall–Kier alpha value is -0.120. The Morgan fingerprint density at radius 1 is 1.40 bits per heavy atom. The van der Waals surface area contributed by atoms with Crippen LogP contribution in [0.2, 0.25) is 0 Å². The summed E-state index contributed by atoms with van der Waals surface area (Å²) in [6, 6.07) is 0. The summed E-state index contributed by atoms with van der Waals surface area (Å²) in [5.41, 5.74) is 5.64. The second-order valence-electron chi connectivity index (χ2n) is 4.51. The third-order valence-electron chi connectivity index (χ3n) is 3.31. The minimum Gasteiger partial charge on any atom is -0.382 e. The van der Waals surface area contributed by atoms with Gasteiger partial charge >= 0.3 is 0 Å². The van der Waals surface area contributed by atoms with Crippen molar-refractivity contribution < 1.29 is 9.47 Å². The molecule has 1 rings (SSSR count). The van der Waals surface area contributed by atoms with Gasteiger partial charge in [0.1, 0.15) is 0 Å². The maximum atomic E-state index is 5.96. The molecule has 1 saturated carbocycles. The zero-order valence-corrected chi connectivity index (χ0v) is 10.1. The maximum absolute atomic E-state index is 5.96. The van der Waals surface area contributed by atoms with Crippen LogP contribution in [0, 0.1) is 5.92 Å². The summed E-state index contributed by atoms with van der Waals surface area (Å²) in [7, 11) is 1.70. The van der Waals surface area contributed by atoms with E-state index in [1.165, 1.54) is 32.1 Å². The minimum atomic E-state index is 0.0793. The minimum absolute atomic E-state index is 0.0793. The largest absolute Gasteiger partial charge is 0.382 e. The van der Waals surface area contributed by atoms with Crippen molar-refractivity contribution in [3.63, 3.8) is 0 Å². The number of hydrogen-bond acceptors (Lipinski definition) is 3. The van der Waals surface area contributed by atoms with Gasteiger partial charge in [-0.05, 0) is 18.8 Å². The van der Waals surface area contributed by atoms with E-state index >= 15 is 0 Å². The first kappa shape index (κ1) is 12.9. The van der Waals surface area contributed by atoms with Gasteiger partial charge in [0.2, 0.25) is 0 Å². The zero-order chi connectivity index (χ0) is 11.1. The standard InChI is InChI=1S/C12H25NO2/c1-3-10-5-4-6-11(7-10)15-12(8-13)9-14-2/h10-12H,3-9,13H2,1-2H3. The van der Waals surface area contributed by atoms with Crippen molar-refractivity contribution in [2.75, 3.05) is 20.3 Å². The molecule has 3 atom stereocenters. The molecule has 0 heterocycles. The topological polar surface area (TPSA) is 44.5 Å². The van der Waals surface area contributed by atoms with Crippen LogP contribution in [0.15, 0.2) is 0 Å². The highest BCUT2D eigenvalue weighted by Gasteiger charge is 2.23. The SMILES string of the molecule is CCC1CCCC(OC(CN)COC)C1. The summed E-state index contributed by atoms with van der Waals surface area (Å²) in [6.45, 7) is 3.44. The first-order chi connectivity index (χ1) is 7.30. The summed E-state index contributed by atoms with van der Waals surface area (Å²) in [5.74, 6) is 0.852. The number of hydrogen-bond donors (Lipinski definition) is 1. The van der Waals surface area contributed by atoms with E-state index in [4.69, 9.17) is 15.2 Å². The molecule has 1 fully saturated rings. The van der Waals surface area contributed by atoms with Crippen LogP contribution in [0.4, 0.5) is 0 Å². The molecule has 0 radical (unpaired) electrons. The normalized spacial score (nSPS) is 29.0. The van der Waals surface area contributed by atoms with Crippen molar-refractivity contribution in [2.24, 2.45) is 11.7 Å². The van der Waals surface area contributed by atoms with Gasteiger partial charge in [-0.3, -0.25) is 0 Å². The molecule has 90 valence electrons. The van der Waals surface area contributed by atoms with E-state index < -0.39 is 0 Å². The van der Waals surface area contributed by atoms with Crippen LogP contribution in [0.25, 0.3) is 0 Å². The third kappa shape index (κ3) is 4.49. The predicted molar refractivity (Wildman–Crippen MR) is 61.8 cm³/mol. The first-order valence-electron chi connectivity index (χ1n) is 6.14. The lowest BCUT2D eigenvalue weighted by Crippen LogP contribution is -2.34. The number of rotatable bonds is 6. The third-order valence-corrected chi connectivity index (χ3v) is 3.31. The average Bonchev–Trinajstić information content (AvgIpc) is 2.29. The van der Waals surface area contributed by atoms with Gasteiger partial charge in [0.25, 0.3) is 0 Å².